The van der Waals surface area contributed by atoms with Gasteiger partial charge in [0.05, 0.1) is 0 Å². The molecule has 0 unspecified atom stereocenters. The first-order chi connectivity index (χ1) is 8.40. The Bertz CT molecular complexity index is 321. The number of nitrogens with one attached hydrogen (secondary N) is 2. The highest BCUT2D eigenvalue weighted by atomic mass is 35.5. The summed E-state index contributed by atoms with van der Waals surface area (Å²) in [6, 6.07) is 1.36. The molecule has 0 spiro atoms. The Kier molecular flexibility index (Phi) is 5.03. The number of nitrogens with zero attached hydrogens (tertiary/aromatic N) is 2. The molecule has 0 aromatic carbocycles. The van der Waals surface area contributed by atoms with Crippen LogP contribution < -0.4 is 27.6 Å². The van der Waals surface area contributed by atoms with E-state index >= 15 is 0 Å². The summed E-state index contributed by atoms with van der Waals surface area (Å²) in [4.78, 5) is 0. The average Bonchev–Trinajstić information content (AvgIpc) is 3.02. The van der Waals surface area contributed by atoms with E-state index in [0.717, 1.165) is 13.1 Å². The lowest BCUT2D eigenvalue weighted by molar-refractivity contribution is -0.698. The quantitative estimate of drug-likeness (QED) is 0.583. The molecule has 2 fully saturated rings. The molecular weight excluding hydrogens is 248 g/mol. The maximum atomic E-state index is 3.55. The molecule has 0 aliphatic carbocycles. The van der Waals surface area contributed by atoms with Crippen LogP contribution in [-0.2, 0) is 13.1 Å². The third kappa shape index (κ3) is 3.46. The minimum absolute atomic E-state index is 0. The molecule has 1 aromatic rings. The molecule has 2 aliphatic rings. The second-order valence-corrected chi connectivity index (χ2v) is 5.39. The van der Waals surface area contributed by atoms with Crippen molar-refractivity contribution in [2.24, 2.45) is 0 Å². The molecule has 0 saturated carbocycles. The molecule has 4 nitrogen and oxygen atoms in total. The molecule has 2 atom stereocenters. The van der Waals surface area contributed by atoms with Crippen LogP contribution in [0.4, 0.5) is 0 Å². The highest BCUT2D eigenvalue weighted by molar-refractivity contribution is 4.78. The Morgan fingerprint density at radius 1 is 1.11 bits per heavy atom. The summed E-state index contributed by atoms with van der Waals surface area (Å²) in [5.74, 6) is 0. The van der Waals surface area contributed by atoms with Crippen LogP contribution in [0.3, 0.4) is 0 Å². The van der Waals surface area contributed by atoms with Crippen LogP contribution in [0.1, 0.15) is 25.7 Å². The Balaban J connectivity index is 0.00000120. The highest BCUT2D eigenvalue weighted by Gasteiger charge is 2.19. The molecule has 3 heterocycles. The fourth-order valence-corrected chi connectivity index (χ4v) is 2.99. The van der Waals surface area contributed by atoms with Gasteiger partial charge in [-0.25, -0.2) is 9.13 Å². The van der Waals surface area contributed by atoms with Gasteiger partial charge in [0.1, 0.15) is 25.5 Å². The van der Waals surface area contributed by atoms with E-state index in [1.54, 1.807) is 0 Å². The molecule has 0 bridgehead atoms. The van der Waals surface area contributed by atoms with Crippen LogP contribution >= 0.6 is 0 Å². The van der Waals surface area contributed by atoms with E-state index in [9.17, 15) is 0 Å². The molecule has 3 rings (SSSR count). The third-order valence-corrected chi connectivity index (χ3v) is 3.93. The van der Waals surface area contributed by atoms with Crippen molar-refractivity contribution in [3.63, 3.8) is 0 Å². The van der Waals surface area contributed by atoms with Gasteiger partial charge in [0, 0.05) is 12.1 Å². The first kappa shape index (κ1) is 13.8. The Morgan fingerprint density at radius 2 is 1.83 bits per heavy atom. The predicted octanol–water partition coefficient (Wildman–Crippen LogP) is -2.72. The van der Waals surface area contributed by atoms with Crippen molar-refractivity contribution < 1.29 is 17.0 Å². The molecule has 5 heteroatoms. The lowest BCUT2D eigenvalue weighted by Gasteiger charge is -2.07. The smallest absolute Gasteiger partial charge is 0.243 e. The Morgan fingerprint density at radius 3 is 2.50 bits per heavy atom. The van der Waals surface area contributed by atoms with E-state index in [2.05, 4.69) is 38.5 Å². The van der Waals surface area contributed by atoms with Gasteiger partial charge in [-0.3, -0.25) is 0 Å². The number of hydrogen-bond acceptors (Lipinski definition) is 2. The summed E-state index contributed by atoms with van der Waals surface area (Å²) in [5.41, 5.74) is 0. The minimum atomic E-state index is 0. The zero-order valence-corrected chi connectivity index (χ0v) is 11.6. The highest BCUT2D eigenvalue weighted by Crippen LogP contribution is 2.07. The lowest BCUT2D eigenvalue weighted by Crippen LogP contribution is -3.00. The predicted molar refractivity (Wildman–Crippen MR) is 66.7 cm³/mol. The molecule has 2 saturated heterocycles. The van der Waals surface area contributed by atoms with Crippen molar-refractivity contribution in [2.45, 2.75) is 50.9 Å². The summed E-state index contributed by atoms with van der Waals surface area (Å²) >= 11 is 0. The third-order valence-electron chi connectivity index (χ3n) is 3.93. The van der Waals surface area contributed by atoms with Crippen LogP contribution in [0.25, 0.3) is 0 Å². The van der Waals surface area contributed by atoms with Gasteiger partial charge in [-0.1, -0.05) is 0 Å². The second kappa shape index (κ2) is 6.55. The van der Waals surface area contributed by atoms with Gasteiger partial charge in [-0.05, 0) is 38.8 Å². The van der Waals surface area contributed by atoms with Crippen molar-refractivity contribution >= 4 is 0 Å². The number of imidazole rings is 1. The van der Waals surface area contributed by atoms with Crippen molar-refractivity contribution in [3.05, 3.63) is 18.7 Å². The topological polar surface area (TPSA) is 32.9 Å². The van der Waals surface area contributed by atoms with E-state index in [0.29, 0.717) is 12.1 Å². The normalized spacial score (nSPS) is 27.3. The van der Waals surface area contributed by atoms with E-state index in [-0.39, 0.29) is 12.4 Å². The molecule has 0 radical (unpaired) electrons. The van der Waals surface area contributed by atoms with Gasteiger partial charge in [-0.15, -0.1) is 0 Å². The van der Waals surface area contributed by atoms with Crippen molar-refractivity contribution in [1.82, 2.24) is 15.2 Å². The summed E-state index contributed by atoms with van der Waals surface area (Å²) in [5, 5.41) is 7.09. The maximum absolute atomic E-state index is 3.55. The first-order valence-electron chi connectivity index (χ1n) is 6.92. The van der Waals surface area contributed by atoms with Crippen LogP contribution in [0, 0.1) is 0 Å². The second-order valence-electron chi connectivity index (χ2n) is 5.39. The van der Waals surface area contributed by atoms with Crippen LogP contribution in [0.5, 0.6) is 0 Å². The Hall–Kier alpha value is -0.580. The van der Waals surface area contributed by atoms with E-state index in [1.165, 1.54) is 38.8 Å². The Labute approximate surface area is 115 Å². The largest absolute Gasteiger partial charge is 1.00 e. The number of aromatic nitrogens is 2. The van der Waals surface area contributed by atoms with Crippen LogP contribution in [0.2, 0.25) is 0 Å². The van der Waals surface area contributed by atoms with Crippen molar-refractivity contribution in [1.29, 1.82) is 0 Å². The number of halogens is 1. The molecule has 2 aliphatic heterocycles. The minimum Gasteiger partial charge on any atom is -1.00 e. The van der Waals surface area contributed by atoms with Gasteiger partial charge in [0.25, 0.3) is 0 Å². The van der Waals surface area contributed by atoms with E-state index in [1.807, 2.05) is 0 Å². The van der Waals surface area contributed by atoms with Gasteiger partial charge in [0.2, 0.25) is 6.33 Å². The maximum Gasteiger partial charge on any atom is 0.243 e. The van der Waals surface area contributed by atoms with Crippen LogP contribution in [-0.4, -0.2) is 29.7 Å². The summed E-state index contributed by atoms with van der Waals surface area (Å²) in [6.45, 7) is 4.62. The number of hydrogen-bond donors (Lipinski definition) is 2. The summed E-state index contributed by atoms with van der Waals surface area (Å²) in [7, 11) is 0. The molecule has 18 heavy (non-hydrogen) atoms. The zero-order chi connectivity index (χ0) is 11.5. The molecule has 0 amide bonds. The SMILES string of the molecule is [Cl-].c1c[n+](C[C@@H]2CCCN2)cn1C[C@@H]1CCCN1. The van der Waals surface area contributed by atoms with Crippen molar-refractivity contribution in [3.8, 4) is 0 Å². The number of rotatable bonds is 4. The average molecular weight is 271 g/mol. The van der Waals surface area contributed by atoms with Gasteiger partial charge >= 0.3 is 0 Å². The monoisotopic (exact) mass is 270 g/mol. The lowest BCUT2D eigenvalue weighted by atomic mass is 10.2. The van der Waals surface area contributed by atoms with Gasteiger partial charge < -0.3 is 23.0 Å². The standard InChI is InChI=1S/C13H23N4.ClH/c1-3-12(14-5-1)9-16-7-8-17(11-16)10-13-4-2-6-15-13;/h7-8,11-15H,1-6,9-10H2;1H/q+1;/p-1/t12-,13-;/m0./s1. The zero-order valence-electron chi connectivity index (χ0n) is 10.8. The fourth-order valence-electron chi connectivity index (χ4n) is 2.99. The van der Waals surface area contributed by atoms with E-state index in [4.69, 9.17) is 0 Å². The first-order valence-corrected chi connectivity index (χ1v) is 6.92. The van der Waals surface area contributed by atoms with Crippen molar-refractivity contribution in [2.75, 3.05) is 13.1 Å². The van der Waals surface area contributed by atoms with E-state index < -0.39 is 0 Å². The summed E-state index contributed by atoms with van der Waals surface area (Å²) in [6.07, 6.45) is 12.0. The van der Waals surface area contributed by atoms with Gasteiger partial charge in [-0.2, -0.15) is 0 Å². The molecule has 1 aromatic heterocycles. The van der Waals surface area contributed by atoms with Gasteiger partial charge in [0.15, 0.2) is 0 Å². The summed E-state index contributed by atoms with van der Waals surface area (Å²) < 4.78 is 4.63. The fraction of sp³-hybridized carbons (Fsp3) is 0.769. The molecule has 102 valence electrons. The molecular formula is C13H23ClN4. The molecule has 2 N–H and O–H groups in total. The van der Waals surface area contributed by atoms with Crippen LogP contribution in [0.15, 0.2) is 18.7 Å².